The zero-order valence-electron chi connectivity index (χ0n) is 10.8. The van der Waals surface area contributed by atoms with Crippen molar-refractivity contribution in [3.8, 4) is 0 Å². The number of hydrogen-bond acceptors (Lipinski definition) is 6. The molecular formula is C11H11N5O4. The van der Waals surface area contributed by atoms with Gasteiger partial charge in [-0.3, -0.25) is 14.8 Å². The van der Waals surface area contributed by atoms with Crippen LogP contribution in [0.3, 0.4) is 0 Å². The second-order valence-electron chi connectivity index (χ2n) is 4.12. The van der Waals surface area contributed by atoms with E-state index in [0.717, 1.165) is 0 Å². The first-order chi connectivity index (χ1) is 9.41. The van der Waals surface area contributed by atoms with Crippen LogP contribution in [0.1, 0.15) is 27.4 Å². The standard InChI is InChI=1S/C11H11N5O4/c1-6-10(16(19)20)7(2)15(14-6)4-9-8(11(17)18)3-12-5-13-9/h3,5H,4H2,1-2H3,(H,17,18). The zero-order chi connectivity index (χ0) is 14.9. The Labute approximate surface area is 113 Å². The molecule has 2 aromatic heterocycles. The molecule has 0 aromatic carbocycles. The molecule has 0 atom stereocenters. The highest BCUT2D eigenvalue weighted by atomic mass is 16.6. The van der Waals surface area contributed by atoms with Crippen molar-refractivity contribution in [2.45, 2.75) is 20.4 Å². The molecule has 2 rings (SSSR count). The fourth-order valence-corrected chi connectivity index (χ4v) is 1.91. The van der Waals surface area contributed by atoms with Crippen LogP contribution in [-0.4, -0.2) is 35.7 Å². The maximum Gasteiger partial charge on any atom is 0.339 e. The number of carboxylic acid groups (broad SMARTS) is 1. The Morgan fingerprint density at radius 2 is 2.20 bits per heavy atom. The minimum Gasteiger partial charge on any atom is -0.478 e. The number of aryl methyl sites for hydroxylation is 1. The number of rotatable bonds is 4. The zero-order valence-corrected chi connectivity index (χ0v) is 10.8. The number of nitro groups is 1. The molecule has 9 nitrogen and oxygen atoms in total. The summed E-state index contributed by atoms with van der Waals surface area (Å²) >= 11 is 0. The van der Waals surface area contributed by atoms with Crippen molar-refractivity contribution in [3.63, 3.8) is 0 Å². The van der Waals surface area contributed by atoms with Crippen LogP contribution in [0.15, 0.2) is 12.5 Å². The topological polar surface area (TPSA) is 124 Å². The summed E-state index contributed by atoms with van der Waals surface area (Å²) in [6, 6.07) is 0. The predicted octanol–water partition coefficient (Wildman–Crippen LogP) is 0.945. The largest absolute Gasteiger partial charge is 0.478 e. The number of carboxylic acids is 1. The van der Waals surface area contributed by atoms with Gasteiger partial charge in [0.2, 0.25) is 0 Å². The van der Waals surface area contributed by atoms with Crippen LogP contribution in [0, 0.1) is 24.0 Å². The van der Waals surface area contributed by atoms with Crippen molar-refractivity contribution in [1.29, 1.82) is 0 Å². The smallest absolute Gasteiger partial charge is 0.339 e. The SMILES string of the molecule is Cc1nn(Cc2ncncc2C(=O)O)c(C)c1[N+](=O)[O-]. The quantitative estimate of drug-likeness (QED) is 0.651. The molecule has 0 saturated carbocycles. The van der Waals surface area contributed by atoms with Gasteiger partial charge in [0.05, 0.1) is 17.2 Å². The van der Waals surface area contributed by atoms with E-state index in [-0.39, 0.29) is 29.2 Å². The number of aromatic nitrogens is 4. The number of nitrogens with zero attached hydrogens (tertiary/aromatic N) is 5. The van der Waals surface area contributed by atoms with E-state index in [0.29, 0.717) is 5.69 Å². The summed E-state index contributed by atoms with van der Waals surface area (Å²) in [7, 11) is 0. The Balaban J connectivity index is 2.44. The van der Waals surface area contributed by atoms with Crippen LogP contribution in [-0.2, 0) is 6.54 Å². The summed E-state index contributed by atoms with van der Waals surface area (Å²) in [6.45, 7) is 3.12. The number of aromatic carboxylic acids is 1. The van der Waals surface area contributed by atoms with Gasteiger partial charge in [-0.05, 0) is 13.8 Å². The first-order valence-corrected chi connectivity index (χ1v) is 5.62. The van der Waals surface area contributed by atoms with Gasteiger partial charge in [0.25, 0.3) is 0 Å². The first kappa shape index (κ1) is 13.6. The minimum atomic E-state index is -1.16. The molecule has 0 amide bonds. The fourth-order valence-electron chi connectivity index (χ4n) is 1.91. The van der Waals surface area contributed by atoms with Crippen molar-refractivity contribution in [2.75, 3.05) is 0 Å². The molecule has 0 unspecified atom stereocenters. The molecule has 104 valence electrons. The molecule has 0 aliphatic carbocycles. The summed E-state index contributed by atoms with van der Waals surface area (Å²) in [4.78, 5) is 29.0. The van der Waals surface area contributed by atoms with E-state index in [2.05, 4.69) is 15.1 Å². The van der Waals surface area contributed by atoms with Crippen molar-refractivity contribution < 1.29 is 14.8 Å². The summed E-state index contributed by atoms with van der Waals surface area (Å²) in [5.41, 5.74) is 0.743. The van der Waals surface area contributed by atoms with Gasteiger partial charge in [-0.2, -0.15) is 5.10 Å². The first-order valence-electron chi connectivity index (χ1n) is 5.62. The second kappa shape index (κ2) is 5.03. The summed E-state index contributed by atoms with van der Waals surface area (Å²) in [6.07, 6.45) is 2.41. The molecule has 0 saturated heterocycles. The van der Waals surface area contributed by atoms with E-state index in [1.807, 2.05) is 0 Å². The molecule has 0 aliphatic heterocycles. The Hall–Kier alpha value is -2.84. The predicted molar refractivity (Wildman–Crippen MR) is 66.4 cm³/mol. The van der Waals surface area contributed by atoms with Gasteiger partial charge in [0.15, 0.2) is 0 Å². The Morgan fingerprint density at radius 1 is 1.50 bits per heavy atom. The molecule has 0 fully saturated rings. The van der Waals surface area contributed by atoms with Crippen LogP contribution in [0.5, 0.6) is 0 Å². The van der Waals surface area contributed by atoms with Crippen LogP contribution in [0.2, 0.25) is 0 Å². The second-order valence-corrected chi connectivity index (χ2v) is 4.12. The van der Waals surface area contributed by atoms with Crippen molar-refractivity contribution in [3.05, 3.63) is 45.3 Å². The molecule has 2 aromatic rings. The highest BCUT2D eigenvalue weighted by Gasteiger charge is 2.23. The summed E-state index contributed by atoms with van der Waals surface area (Å²) in [5, 5.41) is 24.0. The lowest BCUT2D eigenvalue weighted by atomic mass is 10.2. The maximum atomic E-state index is 11.1. The van der Waals surface area contributed by atoms with E-state index in [1.54, 1.807) is 6.92 Å². The van der Waals surface area contributed by atoms with Crippen molar-refractivity contribution in [2.24, 2.45) is 0 Å². The van der Waals surface area contributed by atoms with E-state index >= 15 is 0 Å². The number of carbonyl (C=O) groups is 1. The molecular weight excluding hydrogens is 266 g/mol. The van der Waals surface area contributed by atoms with Gasteiger partial charge in [0.1, 0.15) is 23.3 Å². The molecule has 0 spiro atoms. The third-order valence-corrected chi connectivity index (χ3v) is 2.85. The van der Waals surface area contributed by atoms with Crippen molar-refractivity contribution >= 4 is 11.7 Å². The molecule has 20 heavy (non-hydrogen) atoms. The van der Waals surface area contributed by atoms with Gasteiger partial charge >= 0.3 is 11.7 Å². The lowest BCUT2D eigenvalue weighted by Gasteiger charge is -2.05. The Bertz CT molecular complexity index is 694. The van der Waals surface area contributed by atoms with Gasteiger partial charge in [-0.25, -0.2) is 14.8 Å². The van der Waals surface area contributed by atoms with Crippen LogP contribution >= 0.6 is 0 Å². The monoisotopic (exact) mass is 277 g/mol. The average molecular weight is 277 g/mol. The lowest BCUT2D eigenvalue weighted by molar-refractivity contribution is -0.386. The van der Waals surface area contributed by atoms with E-state index in [9.17, 15) is 14.9 Å². The highest BCUT2D eigenvalue weighted by molar-refractivity contribution is 5.88. The fraction of sp³-hybridized carbons (Fsp3) is 0.273. The molecule has 0 bridgehead atoms. The average Bonchev–Trinajstić information content (AvgIpc) is 2.64. The van der Waals surface area contributed by atoms with Gasteiger partial charge in [-0.1, -0.05) is 0 Å². The molecule has 2 heterocycles. The molecule has 1 N–H and O–H groups in total. The van der Waals surface area contributed by atoms with Crippen molar-refractivity contribution in [1.82, 2.24) is 19.7 Å². The highest BCUT2D eigenvalue weighted by Crippen LogP contribution is 2.22. The normalized spacial score (nSPS) is 10.5. The van der Waals surface area contributed by atoms with Gasteiger partial charge in [0, 0.05) is 6.20 Å². The van der Waals surface area contributed by atoms with E-state index < -0.39 is 10.9 Å². The van der Waals surface area contributed by atoms with Crippen LogP contribution in [0.4, 0.5) is 5.69 Å². The maximum absolute atomic E-state index is 11.1. The lowest BCUT2D eigenvalue weighted by Crippen LogP contribution is -2.12. The van der Waals surface area contributed by atoms with Crippen LogP contribution in [0.25, 0.3) is 0 Å². The molecule has 0 radical (unpaired) electrons. The number of hydrogen-bond donors (Lipinski definition) is 1. The third kappa shape index (κ3) is 2.32. The van der Waals surface area contributed by atoms with E-state index in [4.69, 9.17) is 5.11 Å². The third-order valence-electron chi connectivity index (χ3n) is 2.85. The Kier molecular flexibility index (Phi) is 3.42. The summed E-state index contributed by atoms with van der Waals surface area (Å²) in [5.74, 6) is -1.16. The molecule has 0 aliphatic rings. The Morgan fingerprint density at radius 3 is 2.75 bits per heavy atom. The molecule has 9 heteroatoms. The van der Waals surface area contributed by atoms with Gasteiger partial charge < -0.3 is 5.11 Å². The summed E-state index contributed by atoms with van der Waals surface area (Å²) < 4.78 is 1.36. The van der Waals surface area contributed by atoms with Gasteiger partial charge in [-0.15, -0.1) is 0 Å². The minimum absolute atomic E-state index is 0.0324. The van der Waals surface area contributed by atoms with Crippen LogP contribution < -0.4 is 0 Å². The van der Waals surface area contributed by atoms with E-state index in [1.165, 1.54) is 24.1 Å².